The van der Waals surface area contributed by atoms with Crippen LogP contribution >= 0.6 is 0 Å². The summed E-state index contributed by atoms with van der Waals surface area (Å²) in [6, 6.07) is 0.181. The molecule has 3 fully saturated rings. The summed E-state index contributed by atoms with van der Waals surface area (Å²) in [5, 5.41) is 3.41. The molecule has 1 atom stereocenters. The third-order valence-electron chi connectivity index (χ3n) is 6.45. The number of hydrogen-bond donors (Lipinski definition) is 2. The average Bonchev–Trinajstić information content (AvgIpc) is 3.24. The summed E-state index contributed by atoms with van der Waals surface area (Å²) < 4.78 is 0. The second-order valence-electron chi connectivity index (χ2n) is 8.11. The minimum atomic E-state index is -0.00255. The third kappa shape index (κ3) is 2.97. The number of nitrogens with one attached hydrogen (secondary N) is 1. The van der Waals surface area contributed by atoms with Gasteiger partial charge in [-0.1, -0.05) is 0 Å². The first-order valence-corrected chi connectivity index (χ1v) is 9.89. The molecule has 1 amide bonds. The third-order valence-corrected chi connectivity index (χ3v) is 6.45. The smallest absolute Gasteiger partial charge is 0.292 e. The fourth-order valence-corrected chi connectivity index (χ4v) is 4.78. The van der Waals surface area contributed by atoms with Crippen LogP contribution in [0, 0.1) is 13.8 Å². The van der Waals surface area contributed by atoms with Gasteiger partial charge in [0.2, 0.25) is 5.82 Å². The van der Waals surface area contributed by atoms with Crippen molar-refractivity contribution in [3.05, 3.63) is 17.1 Å². The van der Waals surface area contributed by atoms with E-state index in [1.807, 2.05) is 13.8 Å². The van der Waals surface area contributed by atoms with Crippen molar-refractivity contribution in [1.82, 2.24) is 20.2 Å². The number of anilines is 1. The fraction of sp³-hybridized carbons (Fsp3) is 0.737. The monoisotopic (exact) mass is 358 g/mol. The number of carbonyl (C=O) groups excluding carboxylic acids is 1. The molecule has 7 nitrogen and oxygen atoms in total. The summed E-state index contributed by atoms with van der Waals surface area (Å²) in [6.45, 7) is 8.47. The summed E-state index contributed by atoms with van der Waals surface area (Å²) in [5.41, 5.74) is 8.01. The molecule has 4 rings (SSSR count). The first-order valence-electron chi connectivity index (χ1n) is 9.89. The van der Waals surface area contributed by atoms with E-state index in [-0.39, 0.29) is 17.5 Å². The predicted molar refractivity (Wildman–Crippen MR) is 101 cm³/mol. The standard InChI is InChI=1S/C19H30N6O/c1-13-14(2)22-16(23-17(13)24-11-4-15(20)12-24)18(26)25-10-3-5-19(25)6-8-21-9-7-19/h15,21H,3-12,20H2,1-2H3/t15-/m1/s1. The fourth-order valence-electron chi connectivity index (χ4n) is 4.78. The summed E-state index contributed by atoms with van der Waals surface area (Å²) in [4.78, 5) is 26.9. The van der Waals surface area contributed by atoms with Crippen molar-refractivity contribution < 1.29 is 4.79 Å². The molecule has 3 N–H and O–H groups in total. The zero-order valence-electron chi connectivity index (χ0n) is 15.9. The van der Waals surface area contributed by atoms with Crippen molar-refractivity contribution in [2.24, 2.45) is 5.73 Å². The molecule has 1 aromatic heterocycles. The van der Waals surface area contributed by atoms with Gasteiger partial charge in [-0.25, -0.2) is 9.97 Å². The number of piperidine rings is 1. The number of carbonyl (C=O) groups is 1. The van der Waals surface area contributed by atoms with Crippen LogP contribution in [0.5, 0.6) is 0 Å². The van der Waals surface area contributed by atoms with E-state index in [2.05, 4.69) is 20.1 Å². The van der Waals surface area contributed by atoms with Gasteiger partial charge in [-0.3, -0.25) is 4.79 Å². The van der Waals surface area contributed by atoms with E-state index in [0.717, 1.165) is 81.9 Å². The zero-order valence-corrected chi connectivity index (χ0v) is 15.9. The predicted octanol–water partition coefficient (Wildman–Crippen LogP) is 0.989. The lowest BCUT2D eigenvalue weighted by molar-refractivity contribution is 0.0506. The normalized spacial score (nSPS) is 25.3. The highest BCUT2D eigenvalue weighted by molar-refractivity contribution is 5.92. The Labute approximate surface area is 155 Å². The van der Waals surface area contributed by atoms with Gasteiger partial charge in [0.1, 0.15) is 5.82 Å². The van der Waals surface area contributed by atoms with Gasteiger partial charge in [0.25, 0.3) is 5.91 Å². The number of aryl methyl sites for hydroxylation is 1. The maximum Gasteiger partial charge on any atom is 0.292 e. The second-order valence-corrected chi connectivity index (χ2v) is 8.11. The minimum absolute atomic E-state index is 0.000641. The molecule has 0 radical (unpaired) electrons. The van der Waals surface area contributed by atoms with E-state index in [1.165, 1.54) is 0 Å². The van der Waals surface area contributed by atoms with E-state index in [9.17, 15) is 4.79 Å². The number of nitrogens with two attached hydrogens (primary N) is 1. The largest absolute Gasteiger partial charge is 0.355 e. The Kier molecular flexibility index (Phi) is 4.61. The Morgan fingerprint density at radius 2 is 1.96 bits per heavy atom. The Bertz CT molecular complexity index is 700. The number of rotatable bonds is 2. The molecule has 7 heteroatoms. The van der Waals surface area contributed by atoms with Gasteiger partial charge < -0.3 is 20.9 Å². The molecule has 0 aromatic carbocycles. The molecule has 3 aliphatic rings. The van der Waals surface area contributed by atoms with E-state index >= 15 is 0 Å². The van der Waals surface area contributed by atoms with Gasteiger partial charge in [-0.2, -0.15) is 0 Å². The van der Waals surface area contributed by atoms with Crippen LogP contribution < -0.4 is 16.0 Å². The average molecular weight is 358 g/mol. The molecule has 1 spiro atoms. The first kappa shape index (κ1) is 17.7. The van der Waals surface area contributed by atoms with Crippen molar-refractivity contribution >= 4 is 11.7 Å². The van der Waals surface area contributed by atoms with Gasteiger partial charge in [0.15, 0.2) is 0 Å². The van der Waals surface area contributed by atoms with Gasteiger partial charge in [0.05, 0.1) is 0 Å². The number of hydrogen-bond acceptors (Lipinski definition) is 6. The van der Waals surface area contributed by atoms with Crippen LogP contribution in [-0.4, -0.2) is 65.1 Å². The van der Waals surface area contributed by atoms with E-state index in [4.69, 9.17) is 10.7 Å². The quantitative estimate of drug-likeness (QED) is 0.820. The molecule has 0 saturated carbocycles. The molecule has 142 valence electrons. The van der Waals surface area contributed by atoms with Gasteiger partial charge in [0, 0.05) is 42.5 Å². The Hall–Kier alpha value is -1.73. The second kappa shape index (κ2) is 6.78. The van der Waals surface area contributed by atoms with Crippen LogP contribution in [0.4, 0.5) is 5.82 Å². The highest BCUT2D eigenvalue weighted by Crippen LogP contribution is 2.37. The number of aromatic nitrogens is 2. The molecule has 3 saturated heterocycles. The van der Waals surface area contributed by atoms with Crippen LogP contribution in [-0.2, 0) is 0 Å². The summed E-state index contributed by atoms with van der Waals surface area (Å²) in [5.74, 6) is 1.23. The molecule has 1 aromatic rings. The summed E-state index contributed by atoms with van der Waals surface area (Å²) >= 11 is 0. The van der Waals surface area contributed by atoms with Crippen LogP contribution in [0.1, 0.15) is 54.0 Å². The molecule has 0 aliphatic carbocycles. The van der Waals surface area contributed by atoms with Gasteiger partial charge >= 0.3 is 0 Å². The molecule has 0 bridgehead atoms. The van der Waals surface area contributed by atoms with E-state index in [1.54, 1.807) is 0 Å². The molecule has 0 unspecified atom stereocenters. The lowest BCUT2D eigenvalue weighted by Gasteiger charge is -2.41. The number of likely N-dealkylation sites (tertiary alicyclic amines) is 1. The van der Waals surface area contributed by atoms with Crippen LogP contribution in [0.15, 0.2) is 0 Å². The maximum absolute atomic E-state index is 13.4. The maximum atomic E-state index is 13.4. The lowest BCUT2D eigenvalue weighted by Crippen LogP contribution is -2.53. The summed E-state index contributed by atoms with van der Waals surface area (Å²) in [6.07, 6.45) is 5.19. The van der Waals surface area contributed by atoms with Gasteiger partial charge in [-0.15, -0.1) is 0 Å². The first-order chi connectivity index (χ1) is 12.5. The van der Waals surface area contributed by atoms with Gasteiger partial charge in [-0.05, 0) is 59.0 Å². The highest BCUT2D eigenvalue weighted by atomic mass is 16.2. The molecule has 26 heavy (non-hydrogen) atoms. The molecule has 3 aliphatic heterocycles. The van der Waals surface area contributed by atoms with Crippen molar-refractivity contribution in [3.63, 3.8) is 0 Å². The zero-order chi connectivity index (χ0) is 18.3. The van der Waals surface area contributed by atoms with Crippen molar-refractivity contribution in [2.45, 2.75) is 57.5 Å². The molecule has 4 heterocycles. The van der Waals surface area contributed by atoms with Crippen LogP contribution in [0.25, 0.3) is 0 Å². The Morgan fingerprint density at radius 3 is 2.65 bits per heavy atom. The molecular formula is C19H30N6O. The van der Waals surface area contributed by atoms with Crippen molar-refractivity contribution in [2.75, 3.05) is 37.6 Å². The Balaban J connectivity index is 1.64. The topological polar surface area (TPSA) is 87.4 Å². The summed E-state index contributed by atoms with van der Waals surface area (Å²) in [7, 11) is 0. The SMILES string of the molecule is Cc1nc(C(=O)N2CCCC23CCNCC3)nc(N2CC[C@@H](N)C2)c1C. The van der Waals surface area contributed by atoms with Crippen LogP contribution in [0.2, 0.25) is 0 Å². The number of nitrogens with zero attached hydrogens (tertiary/aromatic N) is 4. The van der Waals surface area contributed by atoms with Crippen LogP contribution in [0.3, 0.4) is 0 Å². The van der Waals surface area contributed by atoms with Crippen molar-refractivity contribution in [3.8, 4) is 0 Å². The lowest BCUT2D eigenvalue weighted by atomic mass is 9.85. The highest BCUT2D eigenvalue weighted by Gasteiger charge is 2.45. The Morgan fingerprint density at radius 1 is 1.19 bits per heavy atom. The number of amides is 1. The minimum Gasteiger partial charge on any atom is -0.355 e. The van der Waals surface area contributed by atoms with E-state index < -0.39 is 0 Å². The van der Waals surface area contributed by atoms with E-state index in [0.29, 0.717) is 5.82 Å². The van der Waals surface area contributed by atoms with Crippen molar-refractivity contribution in [1.29, 1.82) is 0 Å². The molecular weight excluding hydrogens is 328 g/mol.